The molecule has 0 aromatic carbocycles. The summed E-state index contributed by atoms with van der Waals surface area (Å²) in [5.74, 6) is -0.178. The molecule has 0 spiro atoms. The van der Waals surface area contributed by atoms with Crippen molar-refractivity contribution in [2.24, 2.45) is 0 Å². The van der Waals surface area contributed by atoms with Crippen LogP contribution in [-0.2, 0) is 9.53 Å². The van der Waals surface area contributed by atoms with Crippen LogP contribution in [0.1, 0.15) is 19.3 Å². The van der Waals surface area contributed by atoms with E-state index in [2.05, 4.69) is 15.6 Å². The fourth-order valence-electron chi connectivity index (χ4n) is 1.10. The zero-order chi connectivity index (χ0) is 8.10. The monoisotopic (exact) mass is 157 g/mol. The Balaban J connectivity index is 2.19. The number of carbonyl (C=O) groups is 1. The number of nitrogens with one attached hydrogen (secondary N) is 1. The minimum absolute atomic E-state index is 0.121. The molecule has 0 aromatic heterocycles. The van der Waals surface area contributed by atoms with Crippen LogP contribution in [0.4, 0.5) is 0 Å². The van der Waals surface area contributed by atoms with E-state index in [0.29, 0.717) is 6.42 Å². The van der Waals surface area contributed by atoms with Crippen molar-refractivity contribution in [1.82, 2.24) is 10.9 Å². The predicted octanol–water partition coefficient (Wildman–Crippen LogP) is -0.179. The summed E-state index contributed by atoms with van der Waals surface area (Å²) in [6.45, 7) is 0.928. The maximum atomic E-state index is 10.8. The summed E-state index contributed by atoms with van der Waals surface area (Å²) in [6.07, 6.45) is 2.48. The molecule has 1 heterocycles. The van der Waals surface area contributed by atoms with Crippen molar-refractivity contribution in [2.45, 2.75) is 25.3 Å². The highest BCUT2D eigenvalue weighted by Crippen LogP contribution is 2.06. The first-order valence-electron chi connectivity index (χ1n) is 3.82. The van der Waals surface area contributed by atoms with Crippen molar-refractivity contribution in [1.29, 1.82) is 0 Å². The third-order valence-corrected chi connectivity index (χ3v) is 1.73. The van der Waals surface area contributed by atoms with Gasteiger partial charge in [0.1, 0.15) is 0 Å². The van der Waals surface area contributed by atoms with Crippen LogP contribution in [0.25, 0.3) is 0 Å². The molecule has 0 aliphatic carbocycles. The smallest absolute Gasteiger partial charge is 0.307 e. The summed E-state index contributed by atoms with van der Waals surface area (Å²) in [5.41, 5.74) is 6.95. The summed E-state index contributed by atoms with van der Waals surface area (Å²) >= 11 is 0. The maximum Gasteiger partial charge on any atom is 0.307 e. The van der Waals surface area contributed by atoms with Crippen LogP contribution < -0.4 is 10.9 Å². The lowest BCUT2D eigenvalue weighted by Gasteiger charge is -2.20. The van der Waals surface area contributed by atoms with Gasteiger partial charge in [0, 0.05) is 6.54 Å². The van der Waals surface area contributed by atoms with E-state index in [-0.39, 0.29) is 12.0 Å². The van der Waals surface area contributed by atoms with Crippen LogP contribution in [0.15, 0.2) is 0 Å². The van der Waals surface area contributed by atoms with Crippen LogP contribution in [0.2, 0.25) is 0 Å². The molecule has 0 bridgehead atoms. The van der Waals surface area contributed by atoms with Gasteiger partial charge in [-0.15, -0.1) is 0 Å². The van der Waals surface area contributed by atoms with Gasteiger partial charge in [-0.25, -0.2) is 5.43 Å². The molecular weight excluding hydrogens is 144 g/mol. The van der Waals surface area contributed by atoms with Crippen LogP contribution in [0, 0.1) is 0 Å². The number of nitrogens with zero attached hydrogens (tertiary/aromatic N) is 1. The molecule has 11 heavy (non-hydrogen) atoms. The summed E-state index contributed by atoms with van der Waals surface area (Å²) in [5, 5.41) is 0. The highest BCUT2D eigenvalue weighted by atomic mass is 16.5. The fourth-order valence-corrected chi connectivity index (χ4v) is 1.10. The molecule has 0 aromatic rings. The molecule has 1 saturated heterocycles. The minimum Gasteiger partial charge on any atom is -0.469 e. The first kappa shape index (κ1) is 8.49. The number of hydrogen-bond acceptors (Lipinski definition) is 3. The molecule has 1 aliphatic rings. The quantitative estimate of drug-likeness (QED) is 0.566. The standard InChI is InChI=1S/C7H13N2O2/c1-11-7(10)5-6-3-2-4-8-9-6/h6,8H,2-5H2,1H3. The lowest BCUT2D eigenvalue weighted by atomic mass is 10.1. The number of carbonyl (C=O) groups excluding carboxylic acids is 1. The Hall–Kier alpha value is -0.610. The average molecular weight is 157 g/mol. The molecule has 1 N–H and O–H groups in total. The Kier molecular flexibility index (Phi) is 3.32. The second-order valence-electron chi connectivity index (χ2n) is 2.61. The van der Waals surface area contributed by atoms with Crippen LogP contribution >= 0.6 is 0 Å². The molecule has 0 saturated carbocycles. The van der Waals surface area contributed by atoms with Gasteiger partial charge in [0.2, 0.25) is 0 Å². The number of esters is 1. The van der Waals surface area contributed by atoms with Crippen molar-refractivity contribution in [3.8, 4) is 0 Å². The molecule has 1 atom stereocenters. The van der Waals surface area contributed by atoms with Crippen molar-refractivity contribution in [3.63, 3.8) is 0 Å². The summed E-state index contributed by atoms with van der Waals surface area (Å²) in [6, 6.07) is 0.121. The van der Waals surface area contributed by atoms with E-state index >= 15 is 0 Å². The second-order valence-corrected chi connectivity index (χ2v) is 2.61. The molecule has 1 radical (unpaired) electrons. The minimum atomic E-state index is -0.178. The molecule has 0 amide bonds. The lowest BCUT2D eigenvalue weighted by molar-refractivity contribution is -0.141. The molecular formula is C7H13N2O2. The lowest BCUT2D eigenvalue weighted by Crippen LogP contribution is -2.40. The normalized spacial score (nSPS) is 24.6. The van der Waals surface area contributed by atoms with E-state index in [1.54, 1.807) is 0 Å². The molecule has 1 fully saturated rings. The van der Waals surface area contributed by atoms with Gasteiger partial charge in [0.25, 0.3) is 0 Å². The molecule has 4 heteroatoms. The van der Waals surface area contributed by atoms with E-state index in [9.17, 15) is 4.79 Å². The van der Waals surface area contributed by atoms with E-state index in [0.717, 1.165) is 19.4 Å². The van der Waals surface area contributed by atoms with Crippen LogP contribution in [0.3, 0.4) is 0 Å². The molecule has 63 valence electrons. The fraction of sp³-hybridized carbons (Fsp3) is 0.857. The van der Waals surface area contributed by atoms with E-state index in [4.69, 9.17) is 0 Å². The third kappa shape index (κ3) is 2.86. The van der Waals surface area contributed by atoms with Gasteiger partial charge in [0.15, 0.2) is 0 Å². The van der Waals surface area contributed by atoms with Gasteiger partial charge >= 0.3 is 5.97 Å². The van der Waals surface area contributed by atoms with Crippen molar-refractivity contribution in [2.75, 3.05) is 13.7 Å². The van der Waals surface area contributed by atoms with Crippen LogP contribution in [-0.4, -0.2) is 25.7 Å². The number of hydrogen-bond donors (Lipinski definition) is 1. The van der Waals surface area contributed by atoms with Gasteiger partial charge in [-0.3, -0.25) is 4.79 Å². The average Bonchev–Trinajstić information content (AvgIpc) is 2.06. The largest absolute Gasteiger partial charge is 0.469 e. The van der Waals surface area contributed by atoms with E-state index < -0.39 is 0 Å². The molecule has 1 rings (SSSR count). The van der Waals surface area contributed by atoms with Gasteiger partial charge in [-0.05, 0) is 12.8 Å². The van der Waals surface area contributed by atoms with Crippen LogP contribution in [0.5, 0.6) is 0 Å². The van der Waals surface area contributed by atoms with E-state index in [1.807, 2.05) is 0 Å². The Bertz CT molecular complexity index is 132. The summed E-state index contributed by atoms with van der Waals surface area (Å²) in [4.78, 5) is 10.8. The molecule has 4 nitrogen and oxygen atoms in total. The second kappa shape index (κ2) is 4.31. The number of rotatable bonds is 2. The Morgan fingerprint density at radius 3 is 3.18 bits per heavy atom. The highest BCUT2D eigenvalue weighted by molar-refractivity contribution is 5.69. The number of ether oxygens (including phenoxy) is 1. The highest BCUT2D eigenvalue weighted by Gasteiger charge is 2.17. The Labute approximate surface area is 66.3 Å². The Morgan fingerprint density at radius 2 is 2.64 bits per heavy atom. The Morgan fingerprint density at radius 1 is 1.82 bits per heavy atom. The van der Waals surface area contributed by atoms with Crippen molar-refractivity contribution < 1.29 is 9.53 Å². The van der Waals surface area contributed by atoms with Gasteiger partial charge in [0.05, 0.1) is 19.6 Å². The maximum absolute atomic E-state index is 10.8. The van der Waals surface area contributed by atoms with Gasteiger partial charge in [-0.1, -0.05) is 0 Å². The SMILES string of the molecule is COC(=O)CC1CCCN[N]1. The predicted molar refractivity (Wildman–Crippen MR) is 39.8 cm³/mol. The molecule has 1 unspecified atom stereocenters. The first-order valence-corrected chi connectivity index (χ1v) is 3.82. The van der Waals surface area contributed by atoms with E-state index in [1.165, 1.54) is 7.11 Å². The zero-order valence-corrected chi connectivity index (χ0v) is 6.67. The van der Waals surface area contributed by atoms with Gasteiger partial charge in [-0.2, -0.15) is 5.43 Å². The van der Waals surface area contributed by atoms with Crippen molar-refractivity contribution >= 4 is 5.97 Å². The molecule has 1 aliphatic heterocycles. The third-order valence-electron chi connectivity index (χ3n) is 1.73. The summed E-state index contributed by atoms with van der Waals surface area (Å²) < 4.78 is 4.53. The zero-order valence-electron chi connectivity index (χ0n) is 6.67. The summed E-state index contributed by atoms with van der Waals surface area (Å²) in [7, 11) is 1.40. The first-order chi connectivity index (χ1) is 5.33. The van der Waals surface area contributed by atoms with Crippen molar-refractivity contribution in [3.05, 3.63) is 0 Å². The van der Waals surface area contributed by atoms with Gasteiger partial charge < -0.3 is 4.74 Å². The topological polar surface area (TPSA) is 52.4 Å². The number of methoxy groups -OCH3 is 1.